The molecular weight excluding hydrogens is 314 g/mol. The maximum atomic E-state index is 12.4. The monoisotopic (exact) mass is 339 g/mol. The minimum atomic E-state index is 0. The Hall–Kier alpha value is -1.46. The van der Waals surface area contributed by atoms with Crippen LogP contribution in [0.2, 0.25) is 0 Å². The van der Waals surface area contributed by atoms with Crippen LogP contribution in [0.1, 0.15) is 25.7 Å². The van der Waals surface area contributed by atoms with Gasteiger partial charge in [-0.15, -0.1) is 12.4 Å². The minimum absolute atomic E-state index is 0. The van der Waals surface area contributed by atoms with Crippen molar-refractivity contribution in [2.75, 3.05) is 31.1 Å². The second-order valence-electron chi connectivity index (χ2n) is 6.42. The molecule has 1 saturated carbocycles. The molecule has 0 bridgehead atoms. The molecule has 1 aliphatic carbocycles. The van der Waals surface area contributed by atoms with Crippen LogP contribution in [0.5, 0.6) is 5.75 Å². The smallest absolute Gasteiger partial charge is 0.223 e. The van der Waals surface area contributed by atoms with E-state index in [9.17, 15) is 9.90 Å². The Morgan fingerprint density at radius 3 is 2.48 bits per heavy atom. The largest absolute Gasteiger partial charge is 0.506 e. The number of halogens is 1. The standard InChI is InChI=1S/C17H25N3O2.ClH/c18-14-5-3-4-13(14)12-17(22)20-10-8-19(9-11-20)15-6-1-2-7-16(15)21;/h1-2,6-7,13-14,21H,3-5,8-12,18H2;1H/t13-,14+;/m0./s1. The van der Waals surface area contributed by atoms with Gasteiger partial charge in [0.15, 0.2) is 0 Å². The van der Waals surface area contributed by atoms with E-state index in [0.29, 0.717) is 18.1 Å². The fraction of sp³-hybridized carbons (Fsp3) is 0.588. The van der Waals surface area contributed by atoms with Crippen molar-refractivity contribution in [2.45, 2.75) is 31.7 Å². The van der Waals surface area contributed by atoms with Gasteiger partial charge in [0, 0.05) is 38.6 Å². The molecule has 128 valence electrons. The van der Waals surface area contributed by atoms with Crippen LogP contribution >= 0.6 is 12.4 Å². The first-order valence-corrected chi connectivity index (χ1v) is 8.21. The highest BCUT2D eigenvalue weighted by Gasteiger charge is 2.29. The van der Waals surface area contributed by atoms with E-state index in [2.05, 4.69) is 4.90 Å². The van der Waals surface area contributed by atoms with Gasteiger partial charge in [-0.25, -0.2) is 0 Å². The molecule has 0 spiro atoms. The molecule has 1 aromatic rings. The number of hydrogen-bond donors (Lipinski definition) is 2. The van der Waals surface area contributed by atoms with Crippen molar-refractivity contribution < 1.29 is 9.90 Å². The van der Waals surface area contributed by atoms with E-state index < -0.39 is 0 Å². The fourth-order valence-corrected chi connectivity index (χ4v) is 3.60. The average molecular weight is 340 g/mol. The molecule has 1 heterocycles. The van der Waals surface area contributed by atoms with Gasteiger partial charge in [-0.2, -0.15) is 0 Å². The highest BCUT2D eigenvalue weighted by Crippen LogP contribution is 2.29. The second-order valence-corrected chi connectivity index (χ2v) is 6.42. The van der Waals surface area contributed by atoms with E-state index >= 15 is 0 Å². The Labute approximate surface area is 143 Å². The van der Waals surface area contributed by atoms with Crippen LogP contribution in [-0.2, 0) is 4.79 Å². The molecule has 0 aromatic heterocycles. The number of para-hydroxylation sites is 2. The summed E-state index contributed by atoms with van der Waals surface area (Å²) in [4.78, 5) is 16.5. The summed E-state index contributed by atoms with van der Waals surface area (Å²) < 4.78 is 0. The minimum Gasteiger partial charge on any atom is -0.506 e. The lowest BCUT2D eigenvalue weighted by Crippen LogP contribution is -2.49. The normalized spacial score (nSPS) is 24.4. The van der Waals surface area contributed by atoms with Crippen LogP contribution in [0.3, 0.4) is 0 Å². The third-order valence-electron chi connectivity index (χ3n) is 5.01. The first-order chi connectivity index (χ1) is 10.6. The van der Waals surface area contributed by atoms with Crippen LogP contribution in [0, 0.1) is 5.92 Å². The number of benzene rings is 1. The molecule has 0 radical (unpaired) electrons. The Morgan fingerprint density at radius 1 is 1.17 bits per heavy atom. The van der Waals surface area contributed by atoms with Crippen molar-refractivity contribution in [2.24, 2.45) is 11.7 Å². The number of amides is 1. The van der Waals surface area contributed by atoms with Gasteiger partial charge < -0.3 is 20.6 Å². The molecule has 2 fully saturated rings. The molecule has 0 unspecified atom stereocenters. The number of aromatic hydroxyl groups is 1. The van der Waals surface area contributed by atoms with E-state index in [-0.39, 0.29) is 24.4 Å². The van der Waals surface area contributed by atoms with Gasteiger partial charge in [0.2, 0.25) is 5.91 Å². The van der Waals surface area contributed by atoms with Crippen molar-refractivity contribution in [1.82, 2.24) is 4.90 Å². The number of carbonyl (C=O) groups excluding carboxylic acids is 1. The molecule has 1 amide bonds. The summed E-state index contributed by atoms with van der Waals surface area (Å²) in [6.45, 7) is 2.96. The molecule has 2 aliphatic rings. The number of phenols is 1. The first kappa shape index (κ1) is 17.9. The van der Waals surface area contributed by atoms with Gasteiger partial charge in [0.1, 0.15) is 5.75 Å². The van der Waals surface area contributed by atoms with Crippen molar-refractivity contribution in [3.8, 4) is 5.75 Å². The van der Waals surface area contributed by atoms with Crippen LogP contribution in [-0.4, -0.2) is 48.1 Å². The maximum Gasteiger partial charge on any atom is 0.223 e. The van der Waals surface area contributed by atoms with E-state index in [0.717, 1.165) is 51.1 Å². The number of nitrogens with zero attached hydrogens (tertiary/aromatic N) is 2. The van der Waals surface area contributed by atoms with Gasteiger partial charge in [-0.3, -0.25) is 4.79 Å². The van der Waals surface area contributed by atoms with Crippen molar-refractivity contribution >= 4 is 24.0 Å². The van der Waals surface area contributed by atoms with E-state index in [1.165, 1.54) is 0 Å². The number of nitrogens with two attached hydrogens (primary N) is 1. The Balaban J connectivity index is 0.00000192. The molecule has 3 N–H and O–H groups in total. The number of piperazine rings is 1. The highest BCUT2D eigenvalue weighted by molar-refractivity contribution is 5.85. The van der Waals surface area contributed by atoms with Crippen LogP contribution in [0.15, 0.2) is 24.3 Å². The van der Waals surface area contributed by atoms with E-state index in [1.54, 1.807) is 6.07 Å². The third kappa shape index (κ3) is 4.09. The van der Waals surface area contributed by atoms with Crippen molar-refractivity contribution in [3.05, 3.63) is 24.3 Å². The van der Waals surface area contributed by atoms with Gasteiger partial charge in [0.25, 0.3) is 0 Å². The summed E-state index contributed by atoms with van der Waals surface area (Å²) in [5.41, 5.74) is 6.92. The number of phenolic OH excluding ortho intramolecular Hbond substituents is 1. The summed E-state index contributed by atoms with van der Waals surface area (Å²) in [7, 11) is 0. The quantitative estimate of drug-likeness (QED) is 0.883. The molecule has 1 aliphatic heterocycles. The molecule has 5 nitrogen and oxygen atoms in total. The highest BCUT2D eigenvalue weighted by atomic mass is 35.5. The molecule has 23 heavy (non-hydrogen) atoms. The summed E-state index contributed by atoms with van der Waals surface area (Å²) in [6, 6.07) is 7.57. The van der Waals surface area contributed by atoms with Gasteiger partial charge in [-0.1, -0.05) is 18.6 Å². The zero-order chi connectivity index (χ0) is 15.5. The lowest BCUT2D eigenvalue weighted by molar-refractivity contribution is -0.132. The summed E-state index contributed by atoms with van der Waals surface area (Å²) in [6.07, 6.45) is 3.89. The Morgan fingerprint density at radius 2 is 1.87 bits per heavy atom. The number of carbonyl (C=O) groups is 1. The van der Waals surface area contributed by atoms with Crippen LogP contribution in [0.4, 0.5) is 5.69 Å². The first-order valence-electron chi connectivity index (χ1n) is 8.21. The predicted molar refractivity (Wildman–Crippen MR) is 94.1 cm³/mol. The number of hydrogen-bond acceptors (Lipinski definition) is 4. The van der Waals surface area contributed by atoms with Gasteiger partial charge in [-0.05, 0) is 30.9 Å². The molecule has 2 atom stereocenters. The predicted octanol–water partition coefficient (Wildman–Crippen LogP) is 1.98. The fourth-order valence-electron chi connectivity index (χ4n) is 3.60. The summed E-state index contributed by atoms with van der Waals surface area (Å²) in [5, 5.41) is 9.92. The Kier molecular flexibility index (Phi) is 6.13. The van der Waals surface area contributed by atoms with Gasteiger partial charge in [0.05, 0.1) is 5.69 Å². The third-order valence-corrected chi connectivity index (χ3v) is 5.01. The second kappa shape index (κ2) is 7.88. The lowest BCUT2D eigenvalue weighted by atomic mass is 9.99. The summed E-state index contributed by atoms with van der Waals surface area (Å²) in [5.74, 6) is 0.905. The van der Waals surface area contributed by atoms with Gasteiger partial charge >= 0.3 is 0 Å². The molecule has 1 aromatic carbocycles. The topological polar surface area (TPSA) is 69.8 Å². The average Bonchev–Trinajstić information content (AvgIpc) is 2.93. The molecule has 3 rings (SSSR count). The molecular formula is C17H26ClN3O2. The van der Waals surface area contributed by atoms with Crippen LogP contribution in [0.25, 0.3) is 0 Å². The molecule has 6 heteroatoms. The lowest BCUT2D eigenvalue weighted by Gasteiger charge is -2.36. The van der Waals surface area contributed by atoms with E-state index in [1.807, 2.05) is 23.1 Å². The number of rotatable bonds is 3. The van der Waals surface area contributed by atoms with E-state index in [4.69, 9.17) is 5.73 Å². The SMILES string of the molecule is Cl.N[C@@H]1CCC[C@H]1CC(=O)N1CCN(c2ccccc2O)CC1. The molecule has 1 saturated heterocycles. The van der Waals surface area contributed by atoms with Crippen molar-refractivity contribution in [1.29, 1.82) is 0 Å². The summed E-state index contributed by atoms with van der Waals surface area (Å²) >= 11 is 0. The number of anilines is 1. The zero-order valence-electron chi connectivity index (χ0n) is 13.4. The zero-order valence-corrected chi connectivity index (χ0v) is 14.2. The Bertz CT molecular complexity index is 532. The maximum absolute atomic E-state index is 12.4. The van der Waals surface area contributed by atoms with Crippen molar-refractivity contribution in [3.63, 3.8) is 0 Å². The van der Waals surface area contributed by atoms with Crippen LogP contribution < -0.4 is 10.6 Å².